The second kappa shape index (κ2) is 5.01. The number of aromatic nitrogens is 1. The number of hydrogen-bond donors (Lipinski definition) is 3. The van der Waals surface area contributed by atoms with Crippen molar-refractivity contribution in [3.63, 3.8) is 0 Å². The molecule has 1 aromatic heterocycles. The molecule has 0 bridgehead atoms. The van der Waals surface area contributed by atoms with Crippen molar-refractivity contribution in [2.75, 3.05) is 18.9 Å². The maximum Gasteiger partial charge on any atom is 0.242 e. The van der Waals surface area contributed by atoms with Crippen LogP contribution in [0.1, 0.15) is 19.8 Å². The zero-order valence-corrected chi connectivity index (χ0v) is 12.7. The number of sulfonamides is 1. The van der Waals surface area contributed by atoms with Crippen LogP contribution in [0.5, 0.6) is 0 Å². The average Bonchev–Trinajstić information content (AvgIpc) is 3.03. The topological polar surface area (TPSA) is 97.2 Å². The molecule has 6 nitrogen and oxygen atoms in total. The van der Waals surface area contributed by atoms with Gasteiger partial charge in [-0.3, -0.25) is 0 Å². The van der Waals surface area contributed by atoms with Crippen molar-refractivity contribution in [2.45, 2.75) is 30.3 Å². The van der Waals surface area contributed by atoms with Crippen molar-refractivity contribution < 1.29 is 13.2 Å². The van der Waals surface area contributed by atoms with Crippen LogP contribution in [-0.4, -0.2) is 32.2 Å². The smallest absolute Gasteiger partial charge is 0.242 e. The SMILES string of the molecule is CC1(CNS(=O)(=O)c2c[nH]c3ccc(N)cc23)CCCO1. The second-order valence-corrected chi connectivity index (χ2v) is 7.42. The van der Waals surface area contributed by atoms with E-state index in [1.807, 2.05) is 6.92 Å². The van der Waals surface area contributed by atoms with E-state index in [2.05, 4.69) is 9.71 Å². The summed E-state index contributed by atoms with van der Waals surface area (Å²) in [5, 5.41) is 0.597. The Labute approximate surface area is 123 Å². The lowest BCUT2D eigenvalue weighted by atomic mass is 10.0. The molecule has 4 N–H and O–H groups in total. The van der Waals surface area contributed by atoms with E-state index in [-0.39, 0.29) is 11.4 Å². The standard InChI is InChI=1S/C14H19N3O3S/c1-14(5-2-6-20-14)9-17-21(18,19)13-8-16-12-4-3-10(15)7-11(12)13/h3-4,7-8,16-17H,2,5-6,9,15H2,1H3. The largest absolute Gasteiger partial charge is 0.399 e. The number of anilines is 1. The predicted molar refractivity (Wildman–Crippen MR) is 81.5 cm³/mol. The third-order valence-corrected chi connectivity index (χ3v) is 5.34. The first-order chi connectivity index (χ1) is 9.90. The van der Waals surface area contributed by atoms with Gasteiger partial charge in [-0.2, -0.15) is 0 Å². The van der Waals surface area contributed by atoms with Crippen LogP contribution in [0.2, 0.25) is 0 Å². The Morgan fingerprint density at radius 2 is 2.29 bits per heavy atom. The lowest BCUT2D eigenvalue weighted by Crippen LogP contribution is -2.40. The maximum absolute atomic E-state index is 12.5. The number of ether oxygens (including phenoxy) is 1. The van der Waals surface area contributed by atoms with Gasteiger partial charge in [-0.15, -0.1) is 0 Å². The molecule has 2 aromatic rings. The molecule has 1 aliphatic heterocycles. The number of nitrogens with two attached hydrogens (primary N) is 1. The molecular formula is C14H19N3O3S. The molecule has 0 spiro atoms. The van der Waals surface area contributed by atoms with Gasteiger partial charge in [-0.1, -0.05) is 0 Å². The van der Waals surface area contributed by atoms with E-state index in [0.717, 1.165) is 18.4 Å². The number of rotatable bonds is 4. The molecule has 2 heterocycles. The minimum atomic E-state index is -3.60. The monoisotopic (exact) mass is 309 g/mol. The number of hydrogen-bond acceptors (Lipinski definition) is 4. The second-order valence-electron chi connectivity index (χ2n) is 5.68. The molecular weight excluding hydrogens is 290 g/mol. The van der Waals surface area contributed by atoms with Crippen LogP contribution in [0.4, 0.5) is 5.69 Å². The van der Waals surface area contributed by atoms with Crippen molar-refractivity contribution in [2.24, 2.45) is 0 Å². The van der Waals surface area contributed by atoms with E-state index in [0.29, 0.717) is 17.7 Å². The van der Waals surface area contributed by atoms with E-state index >= 15 is 0 Å². The number of nitrogen functional groups attached to an aromatic ring is 1. The number of aromatic amines is 1. The molecule has 1 fully saturated rings. The van der Waals surface area contributed by atoms with Crippen LogP contribution >= 0.6 is 0 Å². The van der Waals surface area contributed by atoms with Gasteiger partial charge in [-0.05, 0) is 38.0 Å². The Kier molecular flexibility index (Phi) is 3.43. The molecule has 0 saturated carbocycles. The summed E-state index contributed by atoms with van der Waals surface area (Å²) in [5.41, 5.74) is 6.60. The van der Waals surface area contributed by atoms with Gasteiger partial charge in [0, 0.05) is 35.9 Å². The quantitative estimate of drug-likeness (QED) is 0.747. The third kappa shape index (κ3) is 2.76. The Morgan fingerprint density at radius 3 is 3.00 bits per heavy atom. The van der Waals surface area contributed by atoms with Gasteiger partial charge in [0.2, 0.25) is 10.0 Å². The fourth-order valence-corrected chi connectivity index (χ4v) is 3.96. The minimum Gasteiger partial charge on any atom is -0.399 e. The van der Waals surface area contributed by atoms with Crippen LogP contribution in [0.15, 0.2) is 29.3 Å². The molecule has 1 saturated heterocycles. The van der Waals surface area contributed by atoms with Gasteiger partial charge in [0.1, 0.15) is 4.90 Å². The molecule has 21 heavy (non-hydrogen) atoms. The van der Waals surface area contributed by atoms with Gasteiger partial charge >= 0.3 is 0 Å². The normalized spacial score (nSPS) is 22.9. The summed E-state index contributed by atoms with van der Waals surface area (Å²) in [7, 11) is -3.60. The number of H-pyrrole nitrogens is 1. The van der Waals surface area contributed by atoms with Crippen LogP contribution in [0, 0.1) is 0 Å². The Morgan fingerprint density at radius 1 is 1.48 bits per heavy atom. The number of nitrogens with one attached hydrogen (secondary N) is 2. The molecule has 3 rings (SSSR count). The van der Waals surface area contributed by atoms with E-state index in [9.17, 15) is 8.42 Å². The van der Waals surface area contributed by atoms with E-state index in [1.165, 1.54) is 6.20 Å². The third-order valence-electron chi connectivity index (χ3n) is 3.89. The minimum absolute atomic E-state index is 0.214. The van der Waals surface area contributed by atoms with Crippen LogP contribution in [0.3, 0.4) is 0 Å². The molecule has 1 unspecified atom stereocenters. The Bertz CT molecular complexity index is 761. The zero-order chi connectivity index (χ0) is 15.1. The molecule has 1 atom stereocenters. The summed E-state index contributed by atoms with van der Waals surface area (Å²) in [6.07, 6.45) is 3.31. The molecule has 0 aliphatic carbocycles. The Hall–Kier alpha value is -1.57. The van der Waals surface area contributed by atoms with E-state index in [1.54, 1.807) is 18.2 Å². The first-order valence-electron chi connectivity index (χ1n) is 6.90. The van der Waals surface area contributed by atoms with Crippen molar-refractivity contribution in [1.29, 1.82) is 0 Å². The summed E-state index contributed by atoms with van der Waals surface area (Å²) >= 11 is 0. The van der Waals surface area contributed by atoms with Gasteiger partial charge in [0.05, 0.1) is 5.60 Å². The van der Waals surface area contributed by atoms with Gasteiger partial charge in [0.15, 0.2) is 0 Å². The van der Waals surface area contributed by atoms with Crippen molar-refractivity contribution in [3.05, 3.63) is 24.4 Å². The summed E-state index contributed by atoms with van der Waals surface area (Å²) in [6.45, 7) is 2.88. The zero-order valence-electron chi connectivity index (χ0n) is 11.8. The Balaban J connectivity index is 1.88. The molecule has 1 aromatic carbocycles. The molecule has 0 radical (unpaired) electrons. The fraction of sp³-hybridized carbons (Fsp3) is 0.429. The van der Waals surface area contributed by atoms with Gasteiger partial charge in [-0.25, -0.2) is 13.1 Å². The van der Waals surface area contributed by atoms with Crippen molar-refractivity contribution in [3.8, 4) is 0 Å². The first-order valence-corrected chi connectivity index (χ1v) is 8.38. The lowest BCUT2D eigenvalue weighted by Gasteiger charge is -2.23. The highest BCUT2D eigenvalue weighted by Gasteiger charge is 2.32. The summed E-state index contributed by atoms with van der Waals surface area (Å²) in [6, 6.07) is 5.16. The van der Waals surface area contributed by atoms with Crippen molar-refractivity contribution in [1.82, 2.24) is 9.71 Å². The number of benzene rings is 1. The van der Waals surface area contributed by atoms with Crippen LogP contribution in [-0.2, 0) is 14.8 Å². The summed E-state index contributed by atoms with van der Waals surface area (Å²) in [4.78, 5) is 3.17. The molecule has 114 valence electrons. The van der Waals surface area contributed by atoms with Crippen molar-refractivity contribution >= 4 is 26.6 Å². The highest BCUT2D eigenvalue weighted by molar-refractivity contribution is 7.89. The van der Waals surface area contributed by atoms with Gasteiger partial charge in [0.25, 0.3) is 0 Å². The van der Waals surface area contributed by atoms with Gasteiger partial charge < -0.3 is 15.5 Å². The summed E-state index contributed by atoms with van der Waals surface area (Å²) < 4.78 is 33.2. The maximum atomic E-state index is 12.5. The summed E-state index contributed by atoms with van der Waals surface area (Å²) in [5.74, 6) is 0. The number of fused-ring (bicyclic) bond motifs is 1. The molecule has 0 amide bonds. The fourth-order valence-electron chi connectivity index (χ4n) is 2.64. The van der Waals surface area contributed by atoms with Crippen LogP contribution < -0.4 is 10.5 Å². The highest BCUT2D eigenvalue weighted by atomic mass is 32.2. The molecule has 7 heteroatoms. The lowest BCUT2D eigenvalue weighted by molar-refractivity contribution is 0.0250. The highest BCUT2D eigenvalue weighted by Crippen LogP contribution is 2.27. The van der Waals surface area contributed by atoms with E-state index in [4.69, 9.17) is 10.5 Å². The van der Waals surface area contributed by atoms with E-state index < -0.39 is 15.6 Å². The molecule has 1 aliphatic rings. The average molecular weight is 309 g/mol. The van der Waals surface area contributed by atoms with Crippen LogP contribution in [0.25, 0.3) is 10.9 Å². The first kappa shape index (κ1) is 14.4. The predicted octanol–water partition coefficient (Wildman–Crippen LogP) is 1.60.